The van der Waals surface area contributed by atoms with Crippen molar-refractivity contribution in [3.05, 3.63) is 0 Å². The molecular weight excluding hydrogens is 670 g/mol. The number of carbonyl (C=O) groups is 3. The normalized spacial score (nSPS) is 12.8. The minimum Gasteiger partial charge on any atom is -0.545 e. The van der Waals surface area contributed by atoms with Gasteiger partial charge in [0.2, 0.25) is 0 Å². The molecule has 9 nitrogen and oxygen atoms in total. The fourth-order valence-corrected chi connectivity index (χ4v) is 6.36. The van der Waals surface area contributed by atoms with Crippen molar-refractivity contribution in [2.75, 3.05) is 47.5 Å². The molecule has 53 heavy (non-hydrogen) atoms. The highest BCUT2D eigenvalue weighted by atomic mass is 16.7. The Labute approximate surface area is 326 Å². The maximum Gasteiger partial charge on any atom is 0.306 e. The van der Waals surface area contributed by atoms with Gasteiger partial charge in [-0.15, -0.1) is 0 Å². The van der Waals surface area contributed by atoms with Crippen molar-refractivity contribution in [3.8, 4) is 0 Å². The zero-order valence-corrected chi connectivity index (χ0v) is 35.4. The SMILES string of the molecule is CCCCCCCCCCCCCCCCC(=O)OCC(COC(OCC[N+](C)(C)C)C(=O)[O-])OC(=O)CCCCCCCCCCCCCCCC. The summed E-state index contributed by atoms with van der Waals surface area (Å²) in [6.07, 6.45) is 32.6. The highest BCUT2D eigenvalue weighted by Crippen LogP contribution is 2.16. The van der Waals surface area contributed by atoms with Crippen LogP contribution in [-0.4, -0.2) is 82.3 Å². The van der Waals surface area contributed by atoms with Gasteiger partial charge < -0.3 is 33.3 Å². The van der Waals surface area contributed by atoms with E-state index in [1.54, 1.807) is 0 Å². The highest BCUT2D eigenvalue weighted by molar-refractivity contribution is 5.70. The summed E-state index contributed by atoms with van der Waals surface area (Å²) in [5, 5.41) is 11.7. The largest absolute Gasteiger partial charge is 0.545 e. The van der Waals surface area contributed by atoms with E-state index in [0.29, 0.717) is 17.4 Å². The molecule has 0 aromatic carbocycles. The number of carbonyl (C=O) groups excluding carboxylic acids is 3. The van der Waals surface area contributed by atoms with Crippen molar-refractivity contribution in [1.29, 1.82) is 0 Å². The van der Waals surface area contributed by atoms with Gasteiger partial charge in [0.1, 0.15) is 13.2 Å². The molecule has 0 rings (SSSR count). The number of rotatable bonds is 41. The van der Waals surface area contributed by atoms with E-state index in [2.05, 4.69) is 13.8 Å². The van der Waals surface area contributed by atoms with E-state index < -0.39 is 24.3 Å². The molecule has 0 aliphatic heterocycles. The number of hydrogen-bond acceptors (Lipinski definition) is 8. The Hall–Kier alpha value is -1.71. The van der Waals surface area contributed by atoms with Gasteiger partial charge >= 0.3 is 11.9 Å². The first kappa shape index (κ1) is 51.3. The Morgan fingerprint density at radius 2 is 0.849 bits per heavy atom. The van der Waals surface area contributed by atoms with Gasteiger partial charge in [0.25, 0.3) is 0 Å². The molecule has 0 amide bonds. The van der Waals surface area contributed by atoms with Gasteiger partial charge in [-0.2, -0.15) is 0 Å². The summed E-state index contributed by atoms with van der Waals surface area (Å²) < 4.78 is 22.5. The number of aliphatic carboxylic acids is 1. The molecule has 0 spiro atoms. The molecule has 0 saturated carbocycles. The quantitative estimate of drug-likeness (QED) is 0.0263. The topological polar surface area (TPSA) is 111 Å². The van der Waals surface area contributed by atoms with Crippen molar-refractivity contribution in [1.82, 2.24) is 0 Å². The van der Waals surface area contributed by atoms with Crippen LogP contribution in [0, 0.1) is 0 Å². The summed E-state index contributed by atoms with van der Waals surface area (Å²) in [6, 6.07) is 0. The molecule has 0 bridgehead atoms. The van der Waals surface area contributed by atoms with E-state index >= 15 is 0 Å². The number of unbranched alkanes of at least 4 members (excludes halogenated alkanes) is 26. The lowest BCUT2D eigenvalue weighted by Gasteiger charge is -2.26. The second-order valence-electron chi connectivity index (χ2n) is 16.4. The van der Waals surface area contributed by atoms with E-state index in [9.17, 15) is 19.5 Å². The summed E-state index contributed by atoms with van der Waals surface area (Å²) in [4.78, 5) is 36.9. The molecule has 9 heteroatoms. The van der Waals surface area contributed by atoms with Crippen molar-refractivity contribution in [2.24, 2.45) is 0 Å². The summed E-state index contributed by atoms with van der Waals surface area (Å²) in [5.41, 5.74) is 0. The highest BCUT2D eigenvalue weighted by Gasteiger charge is 2.21. The molecule has 0 N–H and O–H groups in total. The van der Waals surface area contributed by atoms with E-state index in [-0.39, 0.29) is 32.2 Å². The Kier molecular flexibility index (Phi) is 36.0. The van der Waals surface area contributed by atoms with Crippen LogP contribution >= 0.6 is 0 Å². The first-order chi connectivity index (χ1) is 25.6. The summed E-state index contributed by atoms with van der Waals surface area (Å²) in [6.45, 7) is 4.76. The Balaban J connectivity index is 4.42. The van der Waals surface area contributed by atoms with Crippen molar-refractivity contribution < 1.29 is 42.9 Å². The van der Waals surface area contributed by atoms with Gasteiger partial charge in [0.05, 0.1) is 40.3 Å². The van der Waals surface area contributed by atoms with Gasteiger partial charge in [0.15, 0.2) is 12.4 Å². The second-order valence-corrected chi connectivity index (χ2v) is 16.4. The van der Waals surface area contributed by atoms with Crippen LogP contribution in [0.3, 0.4) is 0 Å². The standard InChI is InChI=1S/C44H85NO8/c1-6-8-10-12-14-16-18-20-22-24-26-28-30-32-34-41(46)51-38-40(39-52-44(43(48)49)50-37-36-45(3,4)5)53-42(47)35-33-31-29-27-25-23-21-19-17-15-13-11-9-7-2/h40,44H,6-39H2,1-5H3. The van der Waals surface area contributed by atoms with Crippen LogP contribution in [0.15, 0.2) is 0 Å². The van der Waals surface area contributed by atoms with Gasteiger partial charge in [-0.25, -0.2) is 0 Å². The monoisotopic (exact) mass is 756 g/mol. The van der Waals surface area contributed by atoms with Gasteiger partial charge in [-0.3, -0.25) is 9.59 Å². The van der Waals surface area contributed by atoms with E-state index in [4.69, 9.17) is 18.9 Å². The van der Waals surface area contributed by atoms with Crippen molar-refractivity contribution >= 4 is 17.9 Å². The van der Waals surface area contributed by atoms with Crippen LogP contribution in [-0.2, 0) is 33.3 Å². The molecule has 0 heterocycles. The average molecular weight is 756 g/mol. The fourth-order valence-electron chi connectivity index (χ4n) is 6.36. The van der Waals surface area contributed by atoms with Crippen molar-refractivity contribution in [2.45, 2.75) is 219 Å². The van der Waals surface area contributed by atoms with Crippen molar-refractivity contribution in [3.63, 3.8) is 0 Å². The van der Waals surface area contributed by atoms with E-state index in [0.717, 1.165) is 38.5 Å². The Bertz CT molecular complexity index is 846. The number of esters is 2. The number of carboxylic acids is 1. The first-order valence-corrected chi connectivity index (χ1v) is 22.2. The minimum atomic E-state index is -1.61. The lowest BCUT2D eigenvalue weighted by atomic mass is 10.0. The molecule has 314 valence electrons. The smallest absolute Gasteiger partial charge is 0.306 e. The number of likely N-dealkylation sites (N-methyl/N-ethyl adjacent to an activating group) is 1. The number of ether oxygens (including phenoxy) is 4. The molecular formula is C44H85NO8. The Morgan fingerprint density at radius 1 is 0.491 bits per heavy atom. The van der Waals surface area contributed by atoms with Crippen LogP contribution < -0.4 is 5.11 Å². The molecule has 0 aliphatic rings. The fraction of sp³-hybridized carbons (Fsp3) is 0.932. The zero-order chi connectivity index (χ0) is 39.3. The molecule has 2 atom stereocenters. The molecule has 0 fully saturated rings. The van der Waals surface area contributed by atoms with Crippen LogP contribution in [0.2, 0.25) is 0 Å². The summed E-state index contributed by atoms with van der Waals surface area (Å²) in [7, 11) is 5.91. The molecule has 0 aromatic heterocycles. The number of quaternary nitrogens is 1. The molecule has 0 aliphatic carbocycles. The molecule has 0 saturated heterocycles. The van der Waals surface area contributed by atoms with E-state index in [1.165, 1.54) is 141 Å². The average Bonchev–Trinajstić information content (AvgIpc) is 3.11. The minimum absolute atomic E-state index is 0.153. The zero-order valence-electron chi connectivity index (χ0n) is 35.4. The van der Waals surface area contributed by atoms with Gasteiger partial charge in [0, 0.05) is 12.8 Å². The maximum atomic E-state index is 12.7. The molecule has 0 aromatic rings. The summed E-state index contributed by atoms with van der Waals surface area (Å²) in [5.74, 6) is -2.27. The van der Waals surface area contributed by atoms with E-state index in [1.807, 2.05) is 21.1 Å². The first-order valence-electron chi connectivity index (χ1n) is 22.2. The number of nitrogens with zero attached hydrogens (tertiary/aromatic N) is 1. The maximum absolute atomic E-state index is 12.7. The summed E-state index contributed by atoms with van der Waals surface area (Å²) >= 11 is 0. The van der Waals surface area contributed by atoms with Crippen LogP contribution in [0.25, 0.3) is 0 Å². The van der Waals surface area contributed by atoms with Crippen LogP contribution in [0.4, 0.5) is 0 Å². The van der Waals surface area contributed by atoms with Crippen LogP contribution in [0.1, 0.15) is 206 Å². The lowest BCUT2D eigenvalue weighted by Crippen LogP contribution is -2.44. The molecule has 0 radical (unpaired) electrons. The lowest BCUT2D eigenvalue weighted by molar-refractivity contribution is -0.870. The molecule has 2 unspecified atom stereocenters. The third-order valence-corrected chi connectivity index (χ3v) is 9.85. The number of carboxylic acid groups (broad SMARTS) is 1. The number of hydrogen-bond donors (Lipinski definition) is 0. The second kappa shape index (κ2) is 37.2. The van der Waals surface area contributed by atoms with Gasteiger partial charge in [-0.1, -0.05) is 181 Å². The predicted molar refractivity (Wildman–Crippen MR) is 214 cm³/mol. The third kappa shape index (κ3) is 38.4. The van der Waals surface area contributed by atoms with Gasteiger partial charge in [-0.05, 0) is 12.8 Å². The Morgan fingerprint density at radius 3 is 1.21 bits per heavy atom. The predicted octanol–water partition coefficient (Wildman–Crippen LogP) is 10.00. The third-order valence-electron chi connectivity index (χ3n) is 9.85. The van der Waals surface area contributed by atoms with Crippen LogP contribution in [0.5, 0.6) is 0 Å².